The molecule has 35 heteroatoms. The molecule has 1 unspecified atom stereocenters. The number of nitrogens with one attached hydrogen (secondary N) is 8. The molecule has 0 radical (unpaired) electrons. The highest BCUT2D eigenvalue weighted by Gasteiger charge is 2.48. The number of nitrogens with zero attached hydrogens (tertiary/aromatic N) is 4. The molecule has 5 rings (SSSR count). The van der Waals surface area contributed by atoms with Crippen LogP contribution in [0, 0.1) is 29.6 Å². The number of nitrogens with two attached hydrogens (primary N) is 1. The first-order valence-electron chi connectivity index (χ1n) is 38.6. The average Bonchev–Trinajstić information content (AvgIpc) is 1.55. The van der Waals surface area contributed by atoms with Crippen LogP contribution >= 0.6 is 0 Å². The van der Waals surface area contributed by atoms with E-state index in [1.807, 2.05) is 19.9 Å². The number of carboxylic acid groups (broad SMARTS) is 1. The molecule has 2 saturated heterocycles. The van der Waals surface area contributed by atoms with Gasteiger partial charge in [-0.25, -0.2) is 14.4 Å². The maximum Gasteiger partial charge on any atom is 0.410 e. The van der Waals surface area contributed by atoms with Crippen LogP contribution in [0.1, 0.15) is 164 Å². The molecule has 3 aliphatic rings. The summed E-state index contributed by atoms with van der Waals surface area (Å²) in [5, 5.41) is 62.0. The van der Waals surface area contributed by atoms with Crippen LogP contribution in [0.25, 0.3) is 0 Å². The molecule has 2 aromatic carbocycles. The van der Waals surface area contributed by atoms with Gasteiger partial charge in [-0.2, -0.15) is 0 Å². The van der Waals surface area contributed by atoms with Crippen molar-refractivity contribution in [2.24, 2.45) is 35.3 Å². The van der Waals surface area contributed by atoms with Crippen molar-refractivity contribution in [1.82, 2.24) is 56.8 Å². The van der Waals surface area contributed by atoms with Gasteiger partial charge in [0.1, 0.15) is 49.0 Å². The number of likely N-dealkylation sites (tertiary alicyclic amines) is 1. The van der Waals surface area contributed by atoms with Gasteiger partial charge in [0.05, 0.1) is 48.8 Å². The molecule has 0 spiro atoms. The maximum absolute atomic E-state index is 14.9. The number of primary amides is 1. The molecule has 3 heterocycles. The molecule has 0 bridgehead atoms. The largest absolute Gasteiger partial charge is 0.479 e. The standard InChI is InChI=1S/C78H119N13O22/c1-15-45(8)63(54(110-13)40-59(96)90-39-23-27-53(90)67(111-14)46(9)69(100)81-47(10)64(97)49-24-18-16-19-25-49)88(11)75(105)61(43(4)5)87-73(104)62(44(6)7)89(12)78(109)112-41-48-29-31-50(32-30-48)82-70(101)51(26-22-37-80-77(79)108)84-72(103)60(42(2)3)86-71(102)52(33-34-56(93)85-74-66(99)65(98)68(113-74)76(106)107)83-55(92)28-20-17-21-38-91-57(94)35-36-58(91)95/h16,18-19,24-25,29-32,35-36,42-47,51-54,60-68,74,97-99H,15,17,20-23,26-28,33-34,37-41H2,1-14H3,(H,81,100)(H,82,101)(H,83,92)(H,84,103)(H,85,93)(H,86,102)(H,87,104)(H,106,107)(H3,79,80,108)/t45-,46+,47+,51-,52-,53-,54+,60-,61-,62-,63-,64+,65-,66+,67+,68-,74?/m0/s1. The van der Waals surface area contributed by atoms with Crippen LogP contribution < -0.4 is 48.3 Å². The van der Waals surface area contributed by atoms with Crippen LogP contribution in [0.4, 0.5) is 15.3 Å². The normalized spacial score (nSPS) is 19.9. The van der Waals surface area contributed by atoms with Gasteiger partial charge in [0, 0.05) is 78.6 Å². The number of amides is 14. The predicted molar refractivity (Wildman–Crippen MR) is 411 cm³/mol. The van der Waals surface area contributed by atoms with Gasteiger partial charge in [0.2, 0.25) is 53.2 Å². The number of rotatable bonds is 45. The van der Waals surface area contributed by atoms with Gasteiger partial charge in [-0.3, -0.25) is 62.5 Å². The van der Waals surface area contributed by atoms with Crippen LogP contribution in [-0.2, 0) is 83.1 Å². The van der Waals surface area contributed by atoms with Crippen LogP contribution in [0.2, 0.25) is 0 Å². The van der Waals surface area contributed by atoms with Crippen molar-refractivity contribution >= 4 is 88.8 Å². The van der Waals surface area contributed by atoms with Gasteiger partial charge in [0.15, 0.2) is 12.3 Å². The Morgan fingerprint density at radius 2 is 1.30 bits per heavy atom. The first-order valence-corrected chi connectivity index (χ1v) is 38.6. The lowest BCUT2D eigenvalue weighted by molar-refractivity contribution is -0.155. The maximum atomic E-state index is 14.9. The topological polar surface area (TPSA) is 492 Å². The Morgan fingerprint density at radius 1 is 0.673 bits per heavy atom. The highest BCUT2D eigenvalue weighted by Crippen LogP contribution is 2.31. The lowest BCUT2D eigenvalue weighted by Gasteiger charge is -2.41. The molecule has 2 aromatic rings. The number of imide groups is 1. The lowest BCUT2D eigenvalue weighted by Crippen LogP contribution is -2.60. The summed E-state index contributed by atoms with van der Waals surface area (Å²) in [4.78, 5) is 193. The SMILES string of the molecule is CC[C@H](C)[C@@H]([C@@H](CC(=O)N1CCC[C@H]1[C@H](OC)[C@@H](C)C(=O)N[C@H](C)[C@@H](O)c1ccccc1)OC)N(C)C(=O)[C@@H](NC(=O)[C@H](C(C)C)N(C)C(=O)OCc1ccc(NC(=O)[C@H](CCCNC(N)=O)NC(=O)[C@@H](NC(=O)[C@H](CCC(=O)NC2O[C@H](C(=O)O)[C@@H](O)[C@H]2O)NC(=O)CCCCCN2C(=O)C=CC2=O)C(C)C)cc1)C(C)C. The quantitative estimate of drug-likeness (QED) is 0.0333. The van der Waals surface area contributed by atoms with Crippen molar-refractivity contribution in [2.45, 2.75) is 244 Å². The summed E-state index contributed by atoms with van der Waals surface area (Å²) >= 11 is 0. The first-order chi connectivity index (χ1) is 53.4. The van der Waals surface area contributed by atoms with Crippen molar-refractivity contribution in [2.75, 3.05) is 53.3 Å². The highest BCUT2D eigenvalue weighted by molar-refractivity contribution is 6.13. The van der Waals surface area contributed by atoms with Gasteiger partial charge in [-0.05, 0) is 98.8 Å². The fourth-order valence-electron chi connectivity index (χ4n) is 14.1. The van der Waals surface area contributed by atoms with Gasteiger partial charge in [-0.1, -0.05) is 118 Å². The molecule has 0 saturated carbocycles. The summed E-state index contributed by atoms with van der Waals surface area (Å²) in [6.07, 6.45) is -6.69. The minimum atomic E-state index is -1.89. The second-order valence-corrected chi connectivity index (χ2v) is 30.2. The smallest absolute Gasteiger partial charge is 0.410 e. The number of aliphatic hydroxyl groups is 3. The van der Waals surface area contributed by atoms with Crippen LogP contribution in [0.3, 0.4) is 0 Å². The van der Waals surface area contributed by atoms with Crippen LogP contribution in [-0.4, -0.2) is 256 Å². The Morgan fingerprint density at radius 3 is 1.88 bits per heavy atom. The van der Waals surface area contributed by atoms with E-state index in [1.165, 1.54) is 38.3 Å². The summed E-state index contributed by atoms with van der Waals surface area (Å²) in [7, 11) is 5.98. The molecule has 0 aliphatic carbocycles. The number of urea groups is 1. The Balaban J connectivity index is 1.22. The Hall–Kier alpha value is -9.68. The second kappa shape index (κ2) is 45.3. The molecule has 0 aromatic heterocycles. The number of likely N-dealkylation sites (N-methyl/N-ethyl adjacent to an activating group) is 2. The van der Waals surface area contributed by atoms with Crippen molar-refractivity contribution in [3.05, 3.63) is 77.9 Å². The van der Waals surface area contributed by atoms with Gasteiger partial charge in [0.25, 0.3) is 11.8 Å². The Labute approximate surface area is 660 Å². The van der Waals surface area contributed by atoms with Crippen molar-refractivity contribution in [1.29, 1.82) is 0 Å². The number of anilines is 1. The zero-order valence-electron chi connectivity index (χ0n) is 67.2. The average molecular weight is 1590 g/mol. The number of carbonyl (C=O) groups is 14. The highest BCUT2D eigenvalue weighted by atomic mass is 16.6. The molecular weight excluding hydrogens is 1470 g/mol. The molecule has 2 fully saturated rings. The molecular formula is C78H119N13O22. The summed E-state index contributed by atoms with van der Waals surface area (Å²) in [6.45, 7) is 17.7. The number of unbranched alkanes of at least 4 members (excludes halogenated alkanes) is 2. The van der Waals surface area contributed by atoms with E-state index < -0.39 is 199 Å². The first kappa shape index (κ1) is 93.9. The van der Waals surface area contributed by atoms with E-state index in [2.05, 4.69) is 42.5 Å². The number of aliphatic hydroxyl groups excluding tert-OH is 3. The van der Waals surface area contributed by atoms with Crippen molar-refractivity contribution in [3.63, 3.8) is 0 Å². The fraction of sp³-hybridized carbons (Fsp3) is 0.641. The number of carboxylic acids is 1. The number of ether oxygens (including phenoxy) is 4. The molecule has 113 heavy (non-hydrogen) atoms. The van der Waals surface area contributed by atoms with E-state index in [0.29, 0.717) is 49.8 Å². The fourth-order valence-corrected chi connectivity index (χ4v) is 14.1. The van der Waals surface area contributed by atoms with Crippen molar-refractivity contribution in [3.8, 4) is 0 Å². The third kappa shape index (κ3) is 27.3. The Bertz CT molecular complexity index is 3590. The predicted octanol–water partition coefficient (Wildman–Crippen LogP) is 1.99. The zero-order valence-corrected chi connectivity index (χ0v) is 67.2. The number of hydrogen-bond acceptors (Lipinski definition) is 21. The third-order valence-electron chi connectivity index (χ3n) is 20.8. The van der Waals surface area contributed by atoms with Crippen molar-refractivity contribution < 1.29 is 106 Å². The minimum Gasteiger partial charge on any atom is -0.479 e. The molecule has 628 valence electrons. The zero-order chi connectivity index (χ0) is 84.2. The Kier molecular flexibility index (Phi) is 37.6. The number of carbonyl (C=O) groups excluding carboxylic acids is 13. The van der Waals surface area contributed by atoms with E-state index in [9.17, 15) is 87.5 Å². The summed E-state index contributed by atoms with van der Waals surface area (Å²) in [5.41, 5.74) is 6.61. The molecule has 14 amide bonds. The number of benzene rings is 2. The van der Waals surface area contributed by atoms with Crippen LogP contribution in [0.15, 0.2) is 66.7 Å². The van der Waals surface area contributed by atoms with E-state index in [1.54, 1.807) is 104 Å². The van der Waals surface area contributed by atoms with E-state index in [0.717, 1.165) is 22.0 Å². The minimum absolute atomic E-state index is 0.00742. The monoisotopic (exact) mass is 1590 g/mol. The number of aliphatic carboxylic acids is 1. The third-order valence-corrected chi connectivity index (χ3v) is 20.8. The molecule has 14 N–H and O–H groups in total. The van der Waals surface area contributed by atoms with E-state index in [-0.39, 0.29) is 75.2 Å². The van der Waals surface area contributed by atoms with Gasteiger partial charge < -0.3 is 97.4 Å². The summed E-state index contributed by atoms with van der Waals surface area (Å²) < 4.78 is 22.9. The second-order valence-electron chi connectivity index (χ2n) is 30.2. The van der Waals surface area contributed by atoms with E-state index >= 15 is 0 Å². The van der Waals surface area contributed by atoms with Crippen LogP contribution in [0.5, 0.6) is 0 Å². The lowest BCUT2D eigenvalue weighted by atomic mass is 9.89. The summed E-state index contributed by atoms with van der Waals surface area (Å²) in [6, 6.07) is 5.99. The van der Waals surface area contributed by atoms with Gasteiger partial charge >= 0.3 is 18.1 Å². The molecule has 35 nitrogen and oxygen atoms in total. The molecule has 3 aliphatic heterocycles. The number of methoxy groups -OCH3 is 2. The van der Waals surface area contributed by atoms with Gasteiger partial charge in [-0.15, -0.1) is 0 Å². The number of hydrogen-bond donors (Lipinski definition) is 13. The molecule has 17 atom stereocenters. The summed E-state index contributed by atoms with van der Waals surface area (Å²) in [5.74, 6) is -10.9. The van der Waals surface area contributed by atoms with E-state index in [4.69, 9.17) is 24.7 Å².